The van der Waals surface area contributed by atoms with Gasteiger partial charge in [0.1, 0.15) is 30.5 Å². The zero-order valence-corrected chi connectivity index (χ0v) is 56.4. The number of methoxy groups -OCH3 is 2. The summed E-state index contributed by atoms with van der Waals surface area (Å²) in [6.07, 6.45) is 8.13. The molecule has 2 aromatic carbocycles. The third-order valence-electron chi connectivity index (χ3n) is 17.6. The van der Waals surface area contributed by atoms with Crippen molar-refractivity contribution in [3.8, 4) is 0 Å². The fourth-order valence-electron chi connectivity index (χ4n) is 12.6. The van der Waals surface area contributed by atoms with Crippen molar-refractivity contribution in [2.24, 2.45) is 29.4 Å². The Kier molecular flexibility index (Phi) is 29.6. The standard InChI is InChI=1S/C68H104N12O12/c1-15-53(90-13)61(78(12)45(9)58(41(2)3)76-67(88)60(43(6)7)77(10)11)54-39-49(40-92-54)79-37-23-27-52(79)62(91-14)44(8)63(84)74-51(38-46-24-18-16-19-25-46)65(86)72-48-31-29-47(30-32-48)71-64(85)50(26-22-35-70-68(69)89)73-66(87)59(42(4)5)75-55(81)28-20-17-21-36-80-56(82)33-34-57(80)83/h16,18-19,24-25,29-34,40-44,50-54,58-62H,9,15,17,20-23,26-28,35-39H2,1-8,10-14H3,(H,71,85)(H,72,86)(H,73,87)(H,74,84)(H,75,81)(H,76,88)(H3,69,70,89)/t44-,50+,51+,52+,53+,54-,58+,59+,60+,61+,62-/m1/s1. The number of imide groups is 1. The van der Waals surface area contributed by atoms with E-state index >= 15 is 0 Å². The number of carbonyl (C=O) groups excluding carboxylic acids is 9. The first-order valence-electron chi connectivity index (χ1n) is 32.5. The van der Waals surface area contributed by atoms with Gasteiger partial charge in [-0.25, -0.2) is 4.79 Å². The zero-order valence-electron chi connectivity index (χ0n) is 56.4. The third-order valence-corrected chi connectivity index (χ3v) is 17.6. The normalized spacial score (nSPS) is 18.5. The van der Waals surface area contributed by atoms with E-state index in [4.69, 9.17) is 19.9 Å². The van der Waals surface area contributed by atoms with Gasteiger partial charge in [-0.2, -0.15) is 0 Å². The molecule has 0 bridgehead atoms. The van der Waals surface area contributed by atoms with E-state index in [1.165, 1.54) is 12.2 Å². The van der Waals surface area contributed by atoms with Crippen LogP contribution in [-0.2, 0) is 59.0 Å². The highest BCUT2D eigenvalue weighted by Crippen LogP contribution is 2.37. The Bertz CT molecular complexity index is 2850. The fourth-order valence-corrected chi connectivity index (χ4v) is 12.6. The molecular formula is C68H104N12O12. The molecule has 3 aliphatic heterocycles. The molecule has 0 radical (unpaired) electrons. The maximum Gasteiger partial charge on any atom is 0.312 e. The summed E-state index contributed by atoms with van der Waals surface area (Å²) in [7, 11) is 9.12. The van der Waals surface area contributed by atoms with Crippen molar-refractivity contribution < 1.29 is 57.4 Å². The van der Waals surface area contributed by atoms with Gasteiger partial charge in [0.05, 0.1) is 48.0 Å². The number of carbonyl (C=O) groups is 9. The molecule has 0 spiro atoms. The molecule has 10 amide bonds. The average molecular weight is 1280 g/mol. The molecule has 1 saturated heterocycles. The van der Waals surface area contributed by atoms with E-state index in [0.717, 1.165) is 34.7 Å². The number of urea groups is 1. The van der Waals surface area contributed by atoms with Crippen LogP contribution in [0, 0.1) is 23.7 Å². The monoisotopic (exact) mass is 1280 g/mol. The van der Waals surface area contributed by atoms with Crippen LogP contribution in [0.1, 0.15) is 125 Å². The fraction of sp³-hybridized carbons (Fsp3) is 0.603. The number of ether oxygens (including phenoxy) is 3. The lowest BCUT2D eigenvalue weighted by Crippen LogP contribution is -2.56. The number of hydrogen-bond donors (Lipinski definition) is 8. The number of anilines is 2. The molecule has 92 heavy (non-hydrogen) atoms. The molecule has 508 valence electrons. The van der Waals surface area contributed by atoms with Gasteiger partial charge in [0.15, 0.2) is 0 Å². The van der Waals surface area contributed by atoms with Crippen molar-refractivity contribution in [2.75, 3.05) is 65.6 Å². The molecule has 24 nitrogen and oxygen atoms in total. The van der Waals surface area contributed by atoms with E-state index in [2.05, 4.69) is 74.4 Å². The molecule has 24 heteroatoms. The number of nitrogens with two attached hydrogens (primary N) is 1. The van der Waals surface area contributed by atoms with E-state index in [0.29, 0.717) is 50.0 Å². The first-order valence-corrected chi connectivity index (χ1v) is 32.5. The van der Waals surface area contributed by atoms with Gasteiger partial charge in [-0.15, -0.1) is 0 Å². The van der Waals surface area contributed by atoms with Crippen molar-refractivity contribution >= 4 is 64.7 Å². The second-order valence-corrected chi connectivity index (χ2v) is 25.6. The summed E-state index contributed by atoms with van der Waals surface area (Å²) in [5, 5.41) is 20.2. The van der Waals surface area contributed by atoms with Crippen molar-refractivity contribution in [1.29, 1.82) is 0 Å². The molecule has 0 aliphatic carbocycles. The van der Waals surface area contributed by atoms with Gasteiger partial charge in [-0.1, -0.05) is 98.7 Å². The van der Waals surface area contributed by atoms with Crippen molar-refractivity contribution in [3.05, 3.63) is 96.5 Å². The summed E-state index contributed by atoms with van der Waals surface area (Å²) in [4.78, 5) is 126. The zero-order chi connectivity index (χ0) is 67.9. The number of amides is 10. The smallest absolute Gasteiger partial charge is 0.312 e. The van der Waals surface area contributed by atoms with Crippen molar-refractivity contribution in [3.63, 3.8) is 0 Å². The first-order chi connectivity index (χ1) is 43.7. The lowest BCUT2D eigenvalue weighted by Gasteiger charge is -2.42. The lowest BCUT2D eigenvalue weighted by molar-refractivity contribution is -0.137. The van der Waals surface area contributed by atoms with Crippen LogP contribution in [0.15, 0.2) is 91.0 Å². The van der Waals surface area contributed by atoms with Crippen LogP contribution < -0.4 is 43.0 Å². The number of nitrogens with zero attached hydrogens (tertiary/aromatic N) is 4. The molecule has 2 aromatic rings. The largest absolute Gasteiger partial charge is 0.494 e. The van der Waals surface area contributed by atoms with E-state index < -0.39 is 53.9 Å². The van der Waals surface area contributed by atoms with Gasteiger partial charge >= 0.3 is 6.03 Å². The summed E-state index contributed by atoms with van der Waals surface area (Å²) in [6.45, 7) is 21.3. The Balaban J connectivity index is 1.24. The maximum atomic E-state index is 14.6. The number of likely N-dealkylation sites (tertiary alicyclic amines) is 1. The number of unbranched alkanes of at least 4 members (excludes halogenated alkanes) is 2. The summed E-state index contributed by atoms with van der Waals surface area (Å²) in [5.41, 5.74) is 8.53. The van der Waals surface area contributed by atoms with Crippen molar-refractivity contribution in [2.45, 2.75) is 187 Å². The summed E-state index contributed by atoms with van der Waals surface area (Å²) < 4.78 is 19.0. The molecule has 3 aliphatic rings. The molecule has 11 atom stereocenters. The van der Waals surface area contributed by atoms with Crippen LogP contribution in [0.2, 0.25) is 0 Å². The molecule has 0 unspecified atom stereocenters. The lowest BCUT2D eigenvalue weighted by atomic mass is 9.92. The average Bonchev–Trinajstić information content (AvgIpc) is 1.69. The minimum Gasteiger partial charge on any atom is -0.494 e. The second-order valence-electron chi connectivity index (χ2n) is 25.6. The van der Waals surface area contributed by atoms with Crippen LogP contribution in [0.4, 0.5) is 16.2 Å². The Morgan fingerprint density at radius 3 is 1.88 bits per heavy atom. The highest BCUT2D eigenvalue weighted by molar-refractivity contribution is 6.12. The van der Waals surface area contributed by atoms with Gasteiger partial charge < -0.3 is 67.0 Å². The van der Waals surface area contributed by atoms with E-state index in [9.17, 15) is 43.2 Å². The topological polar surface area (TPSA) is 305 Å². The van der Waals surface area contributed by atoms with Crippen LogP contribution in [0.3, 0.4) is 0 Å². The molecule has 3 heterocycles. The van der Waals surface area contributed by atoms with Crippen LogP contribution >= 0.6 is 0 Å². The maximum absolute atomic E-state index is 14.6. The molecule has 0 aromatic heterocycles. The Labute approximate surface area is 544 Å². The first kappa shape index (κ1) is 74.9. The number of likely N-dealkylation sites (N-methyl/N-ethyl adjacent to an activating group) is 2. The molecule has 0 saturated carbocycles. The SMILES string of the molecule is C=C([C@@H](NC(=O)[C@H](C(C)C)N(C)C)C(C)C)N(C)[C@@H]([C@H](CC)OC)[C@H]1CC(N2CCC[C@H]2[C@H](OC)[C@@H](C)C(=O)N[C@@H](Cc2ccccc2)C(=O)Nc2ccc(NC(=O)[C@H](CCCNC(N)=O)NC(=O)[C@@H](NC(=O)CCCCCN3C(=O)C=CC3=O)C(C)C)cc2)=CO1. The molecular weight excluding hydrogens is 1180 g/mol. The molecule has 9 N–H and O–H groups in total. The Morgan fingerprint density at radius 1 is 0.717 bits per heavy atom. The summed E-state index contributed by atoms with van der Waals surface area (Å²) in [6, 6.07) is 10.7. The van der Waals surface area contributed by atoms with Gasteiger partial charge in [-0.3, -0.25) is 48.2 Å². The van der Waals surface area contributed by atoms with Crippen LogP contribution in [0.25, 0.3) is 0 Å². The summed E-state index contributed by atoms with van der Waals surface area (Å²) >= 11 is 0. The molecule has 1 fully saturated rings. The van der Waals surface area contributed by atoms with Gasteiger partial charge in [-0.05, 0) is 107 Å². The quantitative estimate of drug-likeness (QED) is 0.0301. The van der Waals surface area contributed by atoms with Gasteiger partial charge in [0.25, 0.3) is 11.8 Å². The van der Waals surface area contributed by atoms with Gasteiger partial charge in [0.2, 0.25) is 35.4 Å². The Morgan fingerprint density at radius 2 is 1.33 bits per heavy atom. The van der Waals surface area contributed by atoms with E-state index in [-0.39, 0.29) is 122 Å². The van der Waals surface area contributed by atoms with Crippen LogP contribution in [0.5, 0.6) is 0 Å². The minimum absolute atomic E-state index is 0.0354. The predicted molar refractivity (Wildman–Crippen MR) is 354 cm³/mol. The van der Waals surface area contributed by atoms with Crippen molar-refractivity contribution in [1.82, 2.24) is 46.2 Å². The van der Waals surface area contributed by atoms with E-state index in [1.54, 1.807) is 52.3 Å². The minimum atomic E-state index is -1.11. The molecule has 5 rings (SSSR count). The van der Waals surface area contributed by atoms with Crippen LogP contribution in [-0.4, -0.2) is 188 Å². The van der Waals surface area contributed by atoms with E-state index in [1.807, 2.05) is 83.4 Å². The number of benzene rings is 2. The highest BCUT2D eigenvalue weighted by atomic mass is 16.5. The second kappa shape index (κ2) is 36.4. The number of rotatable bonds is 38. The predicted octanol–water partition coefficient (Wildman–Crippen LogP) is 5.56. The Hall–Kier alpha value is -7.83. The number of nitrogens with one attached hydrogen (secondary N) is 7. The third kappa shape index (κ3) is 21.4. The summed E-state index contributed by atoms with van der Waals surface area (Å²) in [5.74, 6) is -4.13. The number of hydrogen-bond acceptors (Lipinski definition) is 15. The highest BCUT2D eigenvalue weighted by Gasteiger charge is 2.45. The number of primary amides is 1. The van der Waals surface area contributed by atoms with Gasteiger partial charge in [0, 0.05) is 89.4 Å².